The second-order valence-electron chi connectivity index (χ2n) is 4.73. The quantitative estimate of drug-likeness (QED) is 0.779. The Labute approximate surface area is 91.4 Å². The fourth-order valence-corrected chi connectivity index (χ4v) is 2.25. The minimum Gasteiger partial charge on any atom is -0.388 e. The van der Waals surface area contributed by atoms with Crippen molar-refractivity contribution in [1.82, 2.24) is 0 Å². The molecule has 1 aliphatic rings. The highest BCUT2D eigenvalue weighted by molar-refractivity contribution is 5.57. The van der Waals surface area contributed by atoms with E-state index in [-0.39, 0.29) is 12.0 Å². The van der Waals surface area contributed by atoms with Gasteiger partial charge in [-0.15, -0.1) is 0 Å². The summed E-state index contributed by atoms with van der Waals surface area (Å²) in [7, 11) is 0. The average molecular weight is 202 g/mol. The molecule has 0 saturated heterocycles. The van der Waals surface area contributed by atoms with Gasteiger partial charge < -0.3 is 5.11 Å². The topological polar surface area (TPSA) is 20.2 Å². The number of aliphatic hydroxyl groups excluding tert-OH is 1. The molecule has 0 saturated carbocycles. The van der Waals surface area contributed by atoms with Crippen LogP contribution in [0.25, 0.3) is 6.08 Å². The van der Waals surface area contributed by atoms with Crippen molar-refractivity contribution in [3.63, 3.8) is 0 Å². The lowest BCUT2D eigenvalue weighted by Crippen LogP contribution is -2.16. The van der Waals surface area contributed by atoms with Gasteiger partial charge in [-0.2, -0.15) is 0 Å². The van der Waals surface area contributed by atoms with Crippen LogP contribution in [0.1, 0.15) is 37.5 Å². The number of benzene rings is 1. The number of hydrogen-bond donors (Lipinski definition) is 1. The minimum absolute atomic E-state index is 0.278. The van der Waals surface area contributed by atoms with Crippen molar-refractivity contribution in [1.29, 1.82) is 0 Å². The van der Waals surface area contributed by atoms with Gasteiger partial charge in [0.25, 0.3) is 0 Å². The normalized spacial score (nSPS) is 24.3. The summed E-state index contributed by atoms with van der Waals surface area (Å²) >= 11 is 0. The number of aliphatic hydroxyl groups is 1. The molecule has 0 amide bonds. The molecule has 1 aliphatic carbocycles. The first-order valence-electron chi connectivity index (χ1n) is 5.63. The van der Waals surface area contributed by atoms with E-state index in [1.165, 1.54) is 0 Å². The van der Waals surface area contributed by atoms with Crippen molar-refractivity contribution in [3.05, 3.63) is 41.5 Å². The molecule has 1 aromatic carbocycles. The molecular formula is C14H18O. The molecule has 0 radical (unpaired) electrons. The first kappa shape index (κ1) is 10.4. The van der Waals surface area contributed by atoms with Crippen molar-refractivity contribution >= 4 is 6.08 Å². The van der Waals surface area contributed by atoms with E-state index in [0.29, 0.717) is 5.92 Å². The molecule has 1 aromatic rings. The summed E-state index contributed by atoms with van der Waals surface area (Å²) in [6.07, 6.45) is 5.00. The van der Waals surface area contributed by atoms with E-state index in [4.69, 9.17) is 0 Å². The van der Waals surface area contributed by atoms with E-state index in [2.05, 4.69) is 32.1 Å². The molecular weight excluding hydrogens is 184 g/mol. The van der Waals surface area contributed by atoms with Gasteiger partial charge in [0.2, 0.25) is 0 Å². The zero-order valence-electron chi connectivity index (χ0n) is 9.35. The summed E-state index contributed by atoms with van der Waals surface area (Å²) in [5.74, 6) is 0.902. The van der Waals surface area contributed by atoms with Crippen LogP contribution in [-0.2, 0) is 0 Å². The predicted octanol–water partition coefficient (Wildman–Crippen LogP) is 3.41. The van der Waals surface area contributed by atoms with Gasteiger partial charge >= 0.3 is 0 Å². The van der Waals surface area contributed by atoms with Crippen molar-refractivity contribution in [2.24, 2.45) is 11.8 Å². The second-order valence-corrected chi connectivity index (χ2v) is 4.73. The Morgan fingerprint density at radius 3 is 2.73 bits per heavy atom. The molecule has 0 unspecified atom stereocenters. The first-order valence-corrected chi connectivity index (χ1v) is 5.63. The summed E-state index contributed by atoms with van der Waals surface area (Å²) in [6.45, 7) is 4.39. The Balaban J connectivity index is 2.25. The Hall–Kier alpha value is -1.08. The highest BCUT2D eigenvalue weighted by atomic mass is 16.3. The third-order valence-electron chi connectivity index (χ3n) is 2.99. The third-order valence-corrected chi connectivity index (χ3v) is 2.99. The Morgan fingerprint density at radius 2 is 2.00 bits per heavy atom. The molecule has 0 bridgehead atoms. The summed E-state index contributed by atoms with van der Waals surface area (Å²) in [6, 6.07) is 8.09. The zero-order chi connectivity index (χ0) is 10.8. The molecule has 0 fully saturated rings. The van der Waals surface area contributed by atoms with Crippen LogP contribution in [0.2, 0.25) is 0 Å². The van der Waals surface area contributed by atoms with Crippen LogP contribution in [-0.4, -0.2) is 5.11 Å². The minimum atomic E-state index is -0.325. The molecule has 0 spiro atoms. The summed E-state index contributed by atoms with van der Waals surface area (Å²) in [5.41, 5.74) is 2.23. The van der Waals surface area contributed by atoms with E-state index in [9.17, 15) is 5.11 Å². The predicted molar refractivity (Wildman–Crippen MR) is 63.4 cm³/mol. The van der Waals surface area contributed by atoms with Gasteiger partial charge in [-0.1, -0.05) is 50.3 Å². The maximum absolute atomic E-state index is 10.2. The van der Waals surface area contributed by atoms with Crippen LogP contribution < -0.4 is 0 Å². The maximum Gasteiger partial charge on any atom is 0.0858 e. The number of hydrogen-bond acceptors (Lipinski definition) is 1. The van der Waals surface area contributed by atoms with Gasteiger partial charge in [0.05, 0.1) is 6.10 Å². The molecule has 2 rings (SSSR count). The summed E-state index contributed by atoms with van der Waals surface area (Å²) in [4.78, 5) is 0. The van der Waals surface area contributed by atoms with Crippen molar-refractivity contribution in [2.75, 3.05) is 0 Å². The van der Waals surface area contributed by atoms with E-state index in [1.54, 1.807) is 0 Å². The molecule has 2 atom stereocenters. The standard InChI is InChI=1S/C14H18O/c1-10(2)9-12-8-7-11-5-3-4-6-13(11)14(12)15/h3-8,10,12,14-15H,9H2,1-2H3/t12-,14-/m0/s1. The SMILES string of the molecule is CC(C)C[C@@H]1C=Cc2ccccc2[C@H]1O. The van der Waals surface area contributed by atoms with E-state index in [0.717, 1.165) is 17.5 Å². The highest BCUT2D eigenvalue weighted by Gasteiger charge is 2.24. The van der Waals surface area contributed by atoms with Gasteiger partial charge in [0.1, 0.15) is 0 Å². The lowest BCUT2D eigenvalue weighted by molar-refractivity contribution is 0.118. The molecule has 1 heteroatoms. The first-order chi connectivity index (χ1) is 7.18. The van der Waals surface area contributed by atoms with Crippen molar-refractivity contribution in [2.45, 2.75) is 26.4 Å². The molecule has 80 valence electrons. The second kappa shape index (κ2) is 4.19. The van der Waals surface area contributed by atoms with Crippen LogP contribution in [0.3, 0.4) is 0 Å². The lowest BCUT2D eigenvalue weighted by Gasteiger charge is -2.26. The Morgan fingerprint density at radius 1 is 1.27 bits per heavy atom. The van der Waals surface area contributed by atoms with Crippen molar-refractivity contribution in [3.8, 4) is 0 Å². The largest absolute Gasteiger partial charge is 0.388 e. The smallest absolute Gasteiger partial charge is 0.0858 e. The highest BCUT2D eigenvalue weighted by Crippen LogP contribution is 2.35. The maximum atomic E-state index is 10.2. The average Bonchev–Trinajstić information content (AvgIpc) is 2.22. The summed E-state index contributed by atoms with van der Waals surface area (Å²) < 4.78 is 0. The Kier molecular flexibility index (Phi) is 2.92. The fourth-order valence-electron chi connectivity index (χ4n) is 2.25. The third kappa shape index (κ3) is 2.13. The monoisotopic (exact) mass is 202 g/mol. The van der Waals surface area contributed by atoms with E-state index < -0.39 is 0 Å². The van der Waals surface area contributed by atoms with Crippen LogP contribution in [0.4, 0.5) is 0 Å². The molecule has 0 aliphatic heterocycles. The molecule has 1 N–H and O–H groups in total. The van der Waals surface area contributed by atoms with Gasteiger partial charge in [-0.05, 0) is 23.5 Å². The lowest BCUT2D eigenvalue weighted by atomic mass is 9.82. The van der Waals surface area contributed by atoms with Gasteiger partial charge in [-0.3, -0.25) is 0 Å². The zero-order valence-corrected chi connectivity index (χ0v) is 9.35. The van der Waals surface area contributed by atoms with Gasteiger partial charge in [0, 0.05) is 5.92 Å². The van der Waals surface area contributed by atoms with E-state index in [1.807, 2.05) is 18.2 Å². The van der Waals surface area contributed by atoms with Crippen LogP contribution in [0.15, 0.2) is 30.3 Å². The Bertz CT molecular complexity index is 365. The van der Waals surface area contributed by atoms with Gasteiger partial charge in [0.15, 0.2) is 0 Å². The van der Waals surface area contributed by atoms with Crippen LogP contribution in [0.5, 0.6) is 0 Å². The van der Waals surface area contributed by atoms with Gasteiger partial charge in [-0.25, -0.2) is 0 Å². The molecule has 1 nitrogen and oxygen atoms in total. The molecule has 15 heavy (non-hydrogen) atoms. The van der Waals surface area contributed by atoms with E-state index >= 15 is 0 Å². The number of fused-ring (bicyclic) bond motifs is 1. The number of rotatable bonds is 2. The summed E-state index contributed by atoms with van der Waals surface area (Å²) in [5, 5.41) is 10.2. The molecule has 0 aromatic heterocycles. The van der Waals surface area contributed by atoms with Crippen LogP contribution in [0, 0.1) is 11.8 Å². The molecule has 0 heterocycles. The van der Waals surface area contributed by atoms with Crippen molar-refractivity contribution < 1.29 is 5.11 Å². The van der Waals surface area contributed by atoms with Crippen LogP contribution >= 0.6 is 0 Å². The fraction of sp³-hybridized carbons (Fsp3) is 0.429.